The number of hydrogen-bond donors (Lipinski definition) is 4. The van der Waals surface area contributed by atoms with Crippen LogP contribution < -0.4 is 20.4 Å². The van der Waals surface area contributed by atoms with E-state index in [0.717, 1.165) is 54.2 Å². The van der Waals surface area contributed by atoms with Crippen molar-refractivity contribution >= 4 is 17.5 Å². The first-order valence-electron chi connectivity index (χ1n) is 11.2. The zero-order valence-corrected chi connectivity index (χ0v) is 19.0. The monoisotopic (exact) mass is 424 g/mol. The molecule has 1 fully saturated rings. The van der Waals surface area contributed by atoms with Crippen molar-refractivity contribution in [1.29, 1.82) is 0 Å². The molecule has 6 nitrogen and oxygen atoms in total. The number of aryl methyl sites for hydroxylation is 2. The molecule has 1 heterocycles. The van der Waals surface area contributed by atoms with Crippen LogP contribution in [0, 0.1) is 13.8 Å². The van der Waals surface area contributed by atoms with Crippen molar-refractivity contribution in [3.8, 4) is 0 Å². The molecule has 3 rings (SSSR count). The van der Waals surface area contributed by atoms with Crippen LogP contribution in [0.3, 0.4) is 0 Å². The second kappa shape index (κ2) is 11.1. The number of carbonyl (C=O) groups is 2. The van der Waals surface area contributed by atoms with Crippen molar-refractivity contribution in [1.82, 2.24) is 5.32 Å². The van der Waals surface area contributed by atoms with Gasteiger partial charge in [-0.3, -0.25) is 9.59 Å². The molecule has 0 spiro atoms. The number of amides is 2. The van der Waals surface area contributed by atoms with E-state index in [4.69, 9.17) is 0 Å². The highest BCUT2D eigenvalue weighted by Crippen LogP contribution is 2.18. The summed E-state index contributed by atoms with van der Waals surface area (Å²) in [6.45, 7) is 7.72. The smallest absolute Gasteiger partial charge is 0.279 e. The first kappa shape index (κ1) is 23.0. The van der Waals surface area contributed by atoms with Crippen LogP contribution in [-0.2, 0) is 16.1 Å². The fourth-order valence-electron chi connectivity index (χ4n) is 4.32. The molecule has 1 saturated heterocycles. The maximum atomic E-state index is 12.5. The van der Waals surface area contributed by atoms with E-state index < -0.39 is 0 Å². The number of nitrogens with one attached hydrogen (secondary N) is 4. The lowest BCUT2D eigenvalue weighted by molar-refractivity contribution is -0.918. The van der Waals surface area contributed by atoms with Gasteiger partial charge in [0.2, 0.25) is 0 Å². The van der Waals surface area contributed by atoms with Gasteiger partial charge in [-0.05, 0) is 25.0 Å². The van der Waals surface area contributed by atoms with Gasteiger partial charge in [0, 0.05) is 30.1 Å². The standard InChI is InChI=1S/C25H34N4O2/c1-19-8-7-9-20(2)25(19)27-24(31)18-28(3)17-23(30)26-22-12-14-29(15-13-22)16-21-10-5-4-6-11-21/h4-11,22H,12-18H2,1-3H3,(H,26,30)(H,27,31)/p+2. The average molecular weight is 425 g/mol. The third-order valence-electron chi connectivity index (χ3n) is 6.02. The van der Waals surface area contributed by atoms with Gasteiger partial charge in [-0.2, -0.15) is 0 Å². The van der Waals surface area contributed by atoms with Crippen molar-refractivity contribution < 1.29 is 19.4 Å². The normalized spacial score (nSPS) is 19.5. The number of anilines is 1. The molecular weight excluding hydrogens is 388 g/mol. The molecule has 1 unspecified atom stereocenters. The number of likely N-dealkylation sites (N-methyl/N-ethyl adjacent to an activating group) is 1. The lowest BCUT2D eigenvalue weighted by Crippen LogP contribution is -3.12. The zero-order chi connectivity index (χ0) is 22.2. The fraction of sp³-hybridized carbons (Fsp3) is 0.440. The van der Waals surface area contributed by atoms with Crippen LogP contribution in [0.15, 0.2) is 48.5 Å². The molecule has 0 bridgehead atoms. The van der Waals surface area contributed by atoms with E-state index in [-0.39, 0.29) is 24.4 Å². The van der Waals surface area contributed by atoms with Gasteiger partial charge >= 0.3 is 0 Å². The second-order valence-electron chi connectivity index (χ2n) is 8.88. The number of quaternary nitrogens is 2. The lowest BCUT2D eigenvalue weighted by Gasteiger charge is -2.30. The van der Waals surface area contributed by atoms with Gasteiger partial charge in [0.15, 0.2) is 13.1 Å². The Hall–Kier alpha value is -2.70. The van der Waals surface area contributed by atoms with Gasteiger partial charge in [-0.15, -0.1) is 0 Å². The Morgan fingerprint density at radius 3 is 2.19 bits per heavy atom. The van der Waals surface area contributed by atoms with Crippen molar-refractivity contribution in [3.05, 3.63) is 65.2 Å². The quantitative estimate of drug-likeness (QED) is 0.486. The SMILES string of the molecule is Cc1cccc(C)c1NC(=O)C[NH+](C)CC(=O)NC1CC[NH+](Cc2ccccc2)CC1. The van der Waals surface area contributed by atoms with Gasteiger partial charge < -0.3 is 20.4 Å². The number of likely N-dealkylation sites (tertiary alicyclic amines) is 1. The van der Waals surface area contributed by atoms with Gasteiger partial charge in [0.1, 0.15) is 6.54 Å². The summed E-state index contributed by atoms with van der Waals surface area (Å²) < 4.78 is 0. The molecule has 1 aliphatic heterocycles. The van der Waals surface area contributed by atoms with Crippen LogP contribution in [0.25, 0.3) is 0 Å². The van der Waals surface area contributed by atoms with Gasteiger partial charge in [0.25, 0.3) is 11.8 Å². The Balaban J connectivity index is 1.37. The topological polar surface area (TPSA) is 67.1 Å². The third-order valence-corrected chi connectivity index (χ3v) is 6.02. The molecule has 6 heteroatoms. The maximum absolute atomic E-state index is 12.5. The Bertz CT molecular complexity index is 856. The molecule has 31 heavy (non-hydrogen) atoms. The predicted octanol–water partition coefficient (Wildman–Crippen LogP) is 0.120. The molecule has 1 aliphatic rings. The van der Waals surface area contributed by atoms with E-state index in [1.165, 1.54) is 5.56 Å². The molecule has 2 aromatic rings. The van der Waals surface area contributed by atoms with E-state index in [0.29, 0.717) is 6.54 Å². The predicted molar refractivity (Wildman–Crippen MR) is 123 cm³/mol. The average Bonchev–Trinajstić information content (AvgIpc) is 2.73. The summed E-state index contributed by atoms with van der Waals surface area (Å²) in [6, 6.07) is 16.8. The van der Waals surface area contributed by atoms with Crippen LogP contribution >= 0.6 is 0 Å². The molecule has 2 aromatic carbocycles. The molecule has 2 amide bonds. The minimum atomic E-state index is -0.0690. The number of benzene rings is 2. The van der Waals surface area contributed by atoms with Crippen LogP contribution in [0.4, 0.5) is 5.69 Å². The van der Waals surface area contributed by atoms with E-state index in [1.54, 1.807) is 4.90 Å². The van der Waals surface area contributed by atoms with Crippen molar-refractivity contribution in [2.24, 2.45) is 0 Å². The molecule has 0 aliphatic carbocycles. The van der Waals surface area contributed by atoms with E-state index >= 15 is 0 Å². The fourth-order valence-corrected chi connectivity index (χ4v) is 4.32. The first-order chi connectivity index (χ1) is 14.9. The summed E-state index contributed by atoms with van der Waals surface area (Å²) in [5, 5.41) is 6.17. The van der Waals surface area contributed by atoms with Crippen molar-refractivity contribution in [2.45, 2.75) is 39.3 Å². The Morgan fingerprint density at radius 1 is 0.935 bits per heavy atom. The van der Waals surface area contributed by atoms with Gasteiger partial charge in [-0.1, -0.05) is 48.5 Å². The summed E-state index contributed by atoms with van der Waals surface area (Å²) in [5.74, 6) is -0.0469. The van der Waals surface area contributed by atoms with Crippen LogP contribution in [-0.4, -0.2) is 51.1 Å². The molecule has 0 aromatic heterocycles. The third kappa shape index (κ3) is 7.19. The number of carbonyl (C=O) groups excluding carboxylic acids is 2. The second-order valence-corrected chi connectivity index (χ2v) is 8.88. The molecule has 0 radical (unpaired) electrons. The van der Waals surface area contributed by atoms with Crippen LogP contribution in [0.5, 0.6) is 0 Å². The molecule has 166 valence electrons. The highest BCUT2D eigenvalue weighted by molar-refractivity contribution is 5.93. The van der Waals surface area contributed by atoms with Gasteiger partial charge in [0.05, 0.1) is 20.1 Å². The van der Waals surface area contributed by atoms with E-state index in [1.807, 2.05) is 45.2 Å². The first-order valence-corrected chi connectivity index (χ1v) is 11.2. The minimum Gasteiger partial charge on any atom is -0.348 e. The maximum Gasteiger partial charge on any atom is 0.279 e. The summed E-state index contributed by atoms with van der Waals surface area (Å²) >= 11 is 0. The molecule has 4 N–H and O–H groups in total. The summed E-state index contributed by atoms with van der Waals surface area (Å²) in [6.07, 6.45) is 2.00. The summed E-state index contributed by atoms with van der Waals surface area (Å²) in [5.41, 5.74) is 4.33. The minimum absolute atomic E-state index is 0.0221. The number of hydrogen-bond acceptors (Lipinski definition) is 2. The Labute approximate surface area is 185 Å². The summed E-state index contributed by atoms with van der Waals surface area (Å²) in [4.78, 5) is 27.3. The number of para-hydroxylation sites is 1. The Morgan fingerprint density at radius 2 is 1.55 bits per heavy atom. The molecular formula is C25H36N4O2+2. The van der Waals surface area contributed by atoms with Crippen molar-refractivity contribution in [3.63, 3.8) is 0 Å². The highest BCUT2D eigenvalue weighted by Gasteiger charge is 2.24. The Kier molecular flexibility index (Phi) is 8.20. The van der Waals surface area contributed by atoms with E-state index in [9.17, 15) is 9.59 Å². The van der Waals surface area contributed by atoms with Crippen molar-refractivity contribution in [2.75, 3.05) is 38.5 Å². The van der Waals surface area contributed by atoms with Crippen LogP contribution in [0.1, 0.15) is 29.5 Å². The summed E-state index contributed by atoms with van der Waals surface area (Å²) in [7, 11) is 1.89. The van der Waals surface area contributed by atoms with Gasteiger partial charge in [-0.25, -0.2) is 0 Å². The zero-order valence-electron chi connectivity index (χ0n) is 19.0. The van der Waals surface area contributed by atoms with Crippen LogP contribution in [0.2, 0.25) is 0 Å². The molecule has 1 atom stereocenters. The lowest BCUT2D eigenvalue weighted by atomic mass is 10.0. The largest absolute Gasteiger partial charge is 0.348 e. The highest BCUT2D eigenvalue weighted by atomic mass is 16.2. The number of piperidine rings is 1. The van der Waals surface area contributed by atoms with E-state index in [2.05, 4.69) is 34.9 Å². The molecule has 0 saturated carbocycles. The number of rotatable bonds is 8.